The summed E-state index contributed by atoms with van der Waals surface area (Å²) < 4.78 is 0. The number of hydrogen-bond acceptors (Lipinski definition) is 3. The second kappa shape index (κ2) is 2.50. The van der Waals surface area contributed by atoms with Crippen LogP contribution in [0.25, 0.3) is 0 Å². The fraction of sp³-hybridized carbons (Fsp3) is 0.400. The molecule has 0 saturated carbocycles. The van der Waals surface area contributed by atoms with Crippen LogP contribution in [0.2, 0.25) is 0 Å². The van der Waals surface area contributed by atoms with Crippen LogP contribution in [0, 0.1) is 0 Å². The van der Waals surface area contributed by atoms with Crippen molar-refractivity contribution >= 4 is 5.91 Å². The quantitative estimate of drug-likeness (QED) is 0.576. The van der Waals surface area contributed by atoms with Crippen molar-refractivity contribution in [1.29, 1.82) is 0 Å². The Labute approximate surface area is 51.9 Å². The molecule has 1 N–H and O–H groups in total. The van der Waals surface area contributed by atoms with Crippen LogP contribution in [-0.4, -0.2) is 17.6 Å². The molecule has 48 valence electrons. The van der Waals surface area contributed by atoms with Gasteiger partial charge < -0.3 is 5.11 Å². The topological polar surface area (TPSA) is 62.0 Å². The standard InChI is InChI=1S/C5H6N2O2/c8-2-1-4-3-5(9)7-6-4/h3,8H,1-2H2. The van der Waals surface area contributed by atoms with Gasteiger partial charge in [0.15, 0.2) is 0 Å². The minimum absolute atomic E-state index is 0.0120. The van der Waals surface area contributed by atoms with Gasteiger partial charge in [-0.15, -0.1) is 5.11 Å². The van der Waals surface area contributed by atoms with Crippen molar-refractivity contribution in [3.05, 3.63) is 11.8 Å². The molecule has 1 amide bonds. The smallest absolute Gasteiger partial charge is 0.290 e. The maximum atomic E-state index is 10.3. The number of hydrogen-bond donors (Lipinski definition) is 1. The van der Waals surface area contributed by atoms with Crippen LogP contribution in [0.15, 0.2) is 22.0 Å². The van der Waals surface area contributed by atoms with Gasteiger partial charge in [-0.3, -0.25) is 4.79 Å². The maximum Gasteiger partial charge on any atom is 0.290 e. The molecule has 0 aliphatic carbocycles. The molecule has 0 bridgehead atoms. The molecule has 0 saturated heterocycles. The Balaban J connectivity index is 2.53. The largest absolute Gasteiger partial charge is 0.396 e. The molecule has 0 spiro atoms. The zero-order chi connectivity index (χ0) is 6.69. The summed E-state index contributed by atoms with van der Waals surface area (Å²) in [6.45, 7) is 0.0120. The van der Waals surface area contributed by atoms with E-state index in [9.17, 15) is 4.79 Å². The lowest BCUT2D eigenvalue weighted by Gasteiger charge is -1.86. The highest BCUT2D eigenvalue weighted by Gasteiger charge is 2.05. The van der Waals surface area contributed by atoms with Crippen molar-refractivity contribution in [1.82, 2.24) is 0 Å². The number of nitrogens with zero attached hydrogens (tertiary/aromatic N) is 2. The van der Waals surface area contributed by atoms with Gasteiger partial charge in [-0.05, 0) is 0 Å². The average molecular weight is 126 g/mol. The van der Waals surface area contributed by atoms with Crippen LogP contribution in [0.3, 0.4) is 0 Å². The van der Waals surface area contributed by atoms with Crippen molar-refractivity contribution in [3.63, 3.8) is 0 Å². The third kappa shape index (κ3) is 1.43. The molecule has 0 aromatic carbocycles. The maximum absolute atomic E-state index is 10.3. The first-order valence-corrected chi connectivity index (χ1v) is 2.60. The summed E-state index contributed by atoms with van der Waals surface area (Å²) in [7, 11) is 0. The summed E-state index contributed by atoms with van der Waals surface area (Å²) in [6.07, 6.45) is 1.73. The van der Waals surface area contributed by atoms with Crippen LogP contribution in [-0.2, 0) is 4.79 Å². The van der Waals surface area contributed by atoms with Crippen molar-refractivity contribution in [2.75, 3.05) is 6.61 Å². The second-order valence-corrected chi connectivity index (χ2v) is 1.65. The molecule has 9 heavy (non-hydrogen) atoms. The third-order valence-electron chi connectivity index (χ3n) is 0.935. The molecule has 1 rings (SSSR count). The molecule has 4 heteroatoms. The Morgan fingerprint density at radius 3 is 2.78 bits per heavy atom. The zero-order valence-corrected chi connectivity index (χ0v) is 4.74. The molecule has 1 aliphatic heterocycles. The van der Waals surface area contributed by atoms with E-state index in [1.165, 1.54) is 6.08 Å². The van der Waals surface area contributed by atoms with Gasteiger partial charge in [0.1, 0.15) is 0 Å². The number of aliphatic hydroxyl groups is 1. The minimum Gasteiger partial charge on any atom is -0.396 e. The Kier molecular flexibility index (Phi) is 1.69. The van der Waals surface area contributed by atoms with E-state index in [1.807, 2.05) is 0 Å². The monoisotopic (exact) mass is 126 g/mol. The van der Waals surface area contributed by atoms with E-state index >= 15 is 0 Å². The Hall–Kier alpha value is -1.03. The highest BCUT2D eigenvalue weighted by molar-refractivity contribution is 5.90. The fourth-order valence-corrected chi connectivity index (χ4v) is 0.550. The summed E-state index contributed by atoms with van der Waals surface area (Å²) in [5.74, 6) is -0.335. The molecule has 0 atom stereocenters. The lowest BCUT2D eigenvalue weighted by molar-refractivity contribution is -0.113. The van der Waals surface area contributed by atoms with Gasteiger partial charge in [0, 0.05) is 19.1 Å². The lowest BCUT2D eigenvalue weighted by atomic mass is 10.3. The van der Waals surface area contributed by atoms with Gasteiger partial charge in [-0.1, -0.05) is 0 Å². The number of azo groups is 1. The predicted octanol–water partition coefficient (Wildman–Crippen LogP) is 0.245. The van der Waals surface area contributed by atoms with Crippen molar-refractivity contribution in [2.45, 2.75) is 6.42 Å². The van der Waals surface area contributed by atoms with Gasteiger partial charge in [-0.25, -0.2) is 0 Å². The van der Waals surface area contributed by atoms with E-state index in [4.69, 9.17) is 5.11 Å². The molecule has 0 unspecified atom stereocenters. The third-order valence-corrected chi connectivity index (χ3v) is 0.935. The van der Waals surface area contributed by atoms with Gasteiger partial charge in [0.05, 0.1) is 5.70 Å². The van der Waals surface area contributed by atoms with E-state index in [-0.39, 0.29) is 12.5 Å². The summed E-state index contributed by atoms with van der Waals surface area (Å²) >= 11 is 0. The number of amides is 1. The molecule has 1 heterocycles. The Morgan fingerprint density at radius 2 is 2.33 bits per heavy atom. The van der Waals surface area contributed by atoms with E-state index in [0.717, 1.165) is 0 Å². The molecule has 0 radical (unpaired) electrons. The predicted molar refractivity (Wildman–Crippen MR) is 29.6 cm³/mol. The van der Waals surface area contributed by atoms with Crippen LogP contribution in [0.1, 0.15) is 6.42 Å². The number of carbonyl (C=O) groups excluding carboxylic acids is 1. The first-order chi connectivity index (χ1) is 4.33. The summed E-state index contributed by atoms with van der Waals surface area (Å²) in [5, 5.41) is 15.1. The molecular weight excluding hydrogens is 120 g/mol. The SMILES string of the molecule is O=C1C=C(CCO)N=N1. The van der Waals surface area contributed by atoms with E-state index in [1.54, 1.807) is 0 Å². The molecular formula is C5H6N2O2. The molecule has 0 fully saturated rings. The normalized spacial score (nSPS) is 16.6. The number of carbonyl (C=O) groups is 1. The number of rotatable bonds is 2. The number of aliphatic hydroxyl groups excluding tert-OH is 1. The Morgan fingerprint density at radius 1 is 1.56 bits per heavy atom. The van der Waals surface area contributed by atoms with E-state index < -0.39 is 0 Å². The van der Waals surface area contributed by atoms with Crippen LogP contribution < -0.4 is 0 Å². The Bertz CT molecular complexity index is 183. The van der Waals surface area contributed by atoms with Crippen LogP contribution >= 0.6 is 0 Å². The van der Waals surface area contributed by atoms with E-state index in [2.05, 4.69) is 10.2 Å². The van der Waals surface area contributed by atoms with Crippen molar-refractivity contribution < 1.29 is 9.90 Å². The summed E-state index contributed by atoms with van der Waals surface area (Å²) in [5.41, 5.74) is 0.558. The molecule has 4 nitrogen and oxygen atoms in total. The first kappa shape index (κ1) is 6.10. The van der Waals surface area contributed by atoms with Gasteiger partial charge in [0.2, 0.25) is 0 Å². The van der Waals surface area contributed by atoms with E-state index in [0.29, 0.717) is 12.1 Å². The first-order valence-electron chi connectivity index (χ1n) is 2.60. The van der Waals surface area contributed by atoms with Crippen LogP contribution in [0.4, 0.5) is 0 Å². The summed E-state index contributed by atoms with van der Waals surface area (Å²) in [4.78, 5) is 10.3. The van der Waals surface area contributed by atoms with Crippen LogP contribution in [0.5, 0.6) is 0 Å². The minimum atomic E-state index is -0.335. The van der Waals surface area contributed by atoms with Crippen molar-refractivity contribution in [2.24, 2.45) is 10.2 Å². The fourth-order valence-electron chi connectivity index (χ4n) is 0.550. The van der Waals surface area contributed by atoms with Crippen molar-refractivity contribution in [3.8, 4) is 0 Å². The highest BCUT2D eigenvalue weighted by Crippen LogP contribution is 2.09. The second-order valence-electron chi connectivity index (χ2n) is 1.65. The average Bonchev–Trinajstić information content (AvgIpc) is 2.17. The molecule has 0 aromatic rings. The van der Waals surface area contributed by atoms with Gasteiger partial charge in [0.25, 0.3) is 5.91 Å². The van der Waals surface area contributed by atoms with Gasteiger partial charge >= 0.3 is 0 Å². The molecule has 1 aliphatic rings. The summed E-state index contributed by atoms with van der Waals surface area (Å²) in [6, 6.07) is 0. The lowest BCUT2D eigenvalue weighted by Crippen LogP contribution is -1.83. The zero-order valence-electron chi connectivity index (χ0n) is 4.74. The molecule has 0 aromatic heterocycles. The van der Waals surface area contributed by atoms with Gasteiger partial charge in [-0.2, -0.15) is 5.11 Å². The highest BCUT2D eigenvalue weighted by atomic mass is 16.3.